The quantitative estimate of drug-likeness (QED) is 0.216. The fourth-order valence-corrected chi connectivity index (χ4v) is 3.00. The molecule has 10 nitrogen and oxygen atoms in total. The highest BCUT2D eigenvalue weighted by Crippen LogP contribution is 2.15. The van der Waals surface area contributed by atoms with Crippen LogP contribution in [0.2, 0.25) is 0 Å². The predicted molar refractivity (Wildman–Crippen MR) is 134 cm³/mol. The van der Waals surface area contributed by atoms with Crippen LogP contribution in [0.3, 0.4) is 0 Å². The lowest BCUT2D eigenvalue weighted by molar-refractivity contribution is -0.136. The van der Waals surface area contributed by atoms with Crippen molar-refractivity contribution in [2.24, 2.45) is 5.10 Å². The van der Waals surface area contributed by atoms with Crippen molar-refractivity contribution in [2.45, 2.75) is 20.4 Å². The van der Waals surface area contributed by atoms with Gasteiger partial charge in [-0.25, -0.2) is 5.43 Å². The molecule has 3 aromatic rings. The first-order valence-electron chi connectivity index (χ1n) is 10.4. The minimum Gasteiger partial charge on any atom is -0.458 e. The zero-order chi connectivity index (χ0) is 25.4. The summed E-state index contributed by atoms with van der Waals surface area (Å²) in [7, 11) is 0. The smallest absolute Gasteiger partial charge is 0.329 e. The van der Waals surface area contributed by atoms with Gasteiger partial charge in [0.05, 0.1) is 12.8 Å². The minimum atomic E-state index is -0.960. The van der Waals surface area contributed by atoms with Crippen molar-refractivity contribution in [1.29, 1.82) is 0 Å². The van der Waals surface area contributed by atoms with E-state index in [1.54, 1.807) is 48.5 Å². The minimum absolute atomic E-state index is 0.0328. The van der Waals surface area contributed by atoms with Crippen molar-refractivity contribution < 1.29 is 23.6 Å². The summed E-state index contributed by atoms with van der Waals surface area (Å²) in [6.45, 7) is 3.83. The van der Waals surface area contributed by atoms with Crippen LogP contribution in [0.15, 0.2) is 68.6 Å². The Balaban J connectivity index is 1.43. The van der Waals surface area contributed by atoms with Gasteiger partial charge in [-0.1, -0.05) is 22.0 Å². The highest BCUT2D eigenvalue weighted by atomic mass is 79.9. The van der Waals surface area contributed by atoms with Crippen molar-refractivity contribution in [3.63, 3.8) is 0 Å². The molecule has 0 saturated heterocycles. The van der Waals surface area contributed by atoms with E-state index in [1.807, 2.05) is 19.9 Å². The van der Waals surface area contributed by atoms with Gasteiger partial charge in [0.15, 0.2) is 0 Å². The third kappa shape index (κ3) is 7.64. The number of hydrogen-bond donors (Lipinski definition) is 4. The number of anilines is 2. The Morgan fingerprint density at radius 1 is 0.829 bits per heavy atom. The van der Waals surface area contributed by atoms with Crippen molar-refractivity contribution in [2.75, 3.05) is 10.6 Å². The largest absolute Gasteiger partial charge is 0.458 e. The van der Waals surface area contributed by atoms with E-state index in [1.165, 1.54) is 6.21 Å². The average Bonchev–Trinajstić information content (AvgIpc) is 3.28. The first-order valence-corrected chi connectivity index (χ1v) is 11.2. The number of hydrazone groups is 1. The van der Waals surface area contributed by atoms with E-state index >= 15 is 0 Å². The number of nitrogens with one attached hydrogen (secondary N) is 4. The standard InChI is InChI=1S/C24H22BrN5O5/c1-14-3-6-18(11-15(14)2)29-22(32)21(31)26-12-19-9-10-20(35-19)13-27-30-24(34)23(33)28-17-7-4-16(25)5-8-17/h3-11,13H,12H2,1-2H3,(H,26,31)(H,28,33)(H,29,32)(H,30,34). The van der Waals surface area contributed by atoms with Gasteiger partial charge in [-0.2, -0.15) is 5.10 Å². The molecule has 0 fully saturated rings. The molecule has 2 aromatic carbocycles. The van der Waals surface area contributed by atoms with E-state index in [-0.39, 0.29) is 12.3 Å². The molecule has 4 N–H and O–H groups in total. The molecule has 0 bridgehead atoms. The SMILES string of the molecule is Cc1ccc(NC(=O)C(=O)NCc2ccc(C=NNC(=O)C(=O)Nc3ccc(Br)cc3)o2)cc1C. The van der Waals surface area contributed by atoms with Crippen molar-refractivity contribution >= 4 is 57.1 Å². The monoisotopic (exact) mass is 539 g/mol. The summed E-state index contributed by atoms with van der Waals surface area (Å²) in [6.07, 6.45) is 1.20. The highest BCUT2D eigenvalue weighted by molar-refractivity contribution is 9.10. The summed E-state index contributed by atoms with van der Waals surface area (Å²) in [4.78, 5) is 47.9. The number of carbonyl (C=O) groups excluding carboxylic acids is 4. The summed E-state index contributed by atoms with van der Waals surface area (Å²) in [5.41, 5.74) is 5.15. The molecule has 1 aromatic heterocycles. The van der Waals surface area contributed by atoms with Gasteiger partial charge in [-0.3, -0.25) is 19.2 Å². The molecule has 0 aliphatic rings. The molecule has 35 heavy (non-hydrogen) atoms. The number of carbonyl (C=O) groups is 4. The van der Waals surface area contributed by atoms with Gasteiger partial charge >= 0.3 is 23.6 Å². The molecule has 0 unspecified atom stereocenters. The van der Waals surface area contributed by atoms with Gasteiger partial charge in [-0.15, -0.1) is 0 Å². The third-order valence-electron chi connectivity index (χ3n) is 4.74. The normalized spacial score (nSPS) is 10.6. The fraction of sp³-hybridized carbons (Fsp3) is 0.125. The number of amides is 4. The molecule has 0 spiro atoms. The van der Waals surface area contributed by atoms with Crippen LogP contribution in [0.5, 0.6) is 0 Å². The van der Waals surface area contributed by atoms with Crippen LogP contribution in [0.25, 0.3) is 0 Å². The van der Waals surface area contributed by atoms with Gasteiger partial charge in [0.1, 0.15) is 11.5 Å². The third-order valence-corrected chi connectivity index (χ3v) is 5.27. The lowest BCUT2D eigenvalue weighted by Gasteiger charge is -2.07. The van der Waals surface area contributed by atoms with Crippen LogP contribution in [-0.4, -0.2) is 29.8 Å². The molecular formula is C24H22BrN5O5. The number of rotatable bonds is 6. The van der Waals surface area contributed by atoms with Gasteiger partial charge in [0.25, 0.3) is 0 Å². The van der Waals surface area contributed by atoms with E-state index in [0.29, 0.717) is 17.1 Å². The van der Waals surface area contributed by atoms with Crippen LogP contribution < -0.4 is 21.4 Å². The van der Waals surface area contributed by atoms with Crippen molar-refractivity contribution in [3.8, 4) is 0 Å². The summed E-state index contributed by atoms with van der Waals surface area (Å²) in [5.74, 6) is -2.84. The second-order valence-electron chi connectivity index (χ2n) is 7.40. The van der Waals surface area contributed by atoms with Crippen LogP contribution in [0.1, 0.15) is 22.6 Å². The molecule has 3 rings (SSSR count). The van der Waals surface area contributed by atoms with Crippen LogP contribution in [0, 0.1) is 13.8 Å². The Kier molecular flexibility index (Phi) is 8.52. The summed E-state index contributed by atoms with van der Waals surface area (Å²) in [5, 5.41) is 11.1. The summed E-state index contributed by atoms with van der Waals surface area (Å²) >= 11 is 3.28. The topological polar surface area (TPSA) is 142 Å². The number of hydrogen-bond acceptors (Lipinski definition) is 6. The molecular weight excluding hydrogens is 518 g/mol. The number of halogens is 1. The fourth-order valence-electron chi connectivity index (χ4n) is 2.74. The first kappa shape index (κ1) is 25.4. The van der Waals surface area contributed by atoms with Crippen molar-refractivity contribution in [3.05, 3.63) is 81.7 Å². The molecule has 0 saturated carbocycles. The van der Waals surface area contributed by atoms with Gasteiger partial charge < -0.3 is 20.4 Å². The first-order chi connectivity index (χ1) is 16.7. The number of benzene rings is 2. The molecule has 1 heterocycles. The summed E-state index contributed by atoms with van der Waals surface area (Å²) < 4.78 is 6.29. The van der Waals surface area contributed by atoms with Gasteiger partial charge in [0, 0.05) is 15.8 Å². The van der Waals surface area contributed by atoms with Crippen molar-refractivity contribution in [1.82, 2.24) is 10.7 Å². The Morgan fingerprint density at radius 3 is 2.20 bits per heavy atom. The molecule has 180 valence electrons. The number of furan rings is 1. The highest BCUT2D eigenvalue weighted by Gasteiger charge is 2.15. The Morgan fingerprint density at radius 2 is 1.49 bits per heavy atom. The molecule has 11 heteroatoms. The maximum absolute atomic E-state index is 12.1. The number of aryl methyl sites for hydroxylation is 2. The lowest BCUT2D eigenvalue weighted by Crippen LogP contribution is -2.34. The molecule has 4 amide bonds. The lowest BCUT2D eigenvalue weighted by atomic mass is 10.1. The summed E-state index contributed by atoms with van der Waals surface area (Å²) in [6, 6.07) is 15.2. The molecule has 0 aliphatic carbocycles. The number of nitrogens with zero attached hydrogens (tertiary/aromatic N) is 1. The maximum Gasteiger partial charge on any atom is 0.329 e. The Hall–Kier alpha value is -4.25. The Labute approximate surface area is 209 Å². The Bertz CT molecular complexity index is 1280. The zero-order valence-electron chi connectivity index (χ0n) is 18.8. The predicted octanol–water partition coefficient (Wildman–Crippen LogP) is 3.00. The zero-order valence-corrected chi connectivity index (χ0v) is 20.4. The van der Waals surface area contributed by atoms with Gasteiger partial charge in [-0.05, 0) is 73.5 Å². The van der Waals surface area contributed by atoms with E-state index in [0.717, 1.165) is 15.6 Å². The second kappa shape index (κ2) is 11.7. The average molecular weight is 540 g/mol. The van der Waals surface area contributed by atoms with Gasteiger partial charge in [0.2, 0.25) is 0 Å². The van der Waals surface area contributed by atoms with Crippen LogP contribution in [0.4, 0.5) is 11.4 Å². The molecule has 0 radical (unpaired) electrons. The molecule has 0 aliphatic heterocycles. The van der Waals surface area contributed by atoms with E-state index in [2.05, 4.69) is 42.4 Å². The van der Waals surface area contributed by atoms with Crippen LogP contribution in [-0.2, 0) is 25.7 Å². The van der Waals surface area contributed by atoms with E-state index in [9.17, 15) is 19.2 Å². The van der Waals surface area contributed by atoms with Crippen LogP contribution >= 0.6 is 15.9 Å². The van der Waals surface area contributed by atoms with E-state index < -0.39 is 23.6 Å². The molecule has 0 atom stereocenters. The van der Waals surface area contributed by atoms with E-state index in [4.69, 9.17) is 4.42 Å². The second-order valence-corrected chi connectivity index (χ2v) is 8.32. The maximum atomic E-state index is 12.1.